The molecule has 0 saturated carbocycles. The molecule has 0 unspecified atom stereocenters. The first-order valence-corrected chi connectivity index (χ1v) is 9.95. The predicted octanol–water partition coefficient (Wildman–Crippen LogP) is 4.31. The molecular formula is C21H22N6OS. The van der Waals surface area contributed by atoms with E-state index in [-0.39, 0.29) is 12.3 Å². The number of carbonyl (C=O) groups excluding carboxylic acids is 1. The number of amides is 1. The predicted molar refractivity (Wildman–Crippen MR) is 116 cm³/mol. The summed E-state index contributed by atoms with van der Waals surface area (Å²) < 4.78 is 4.34. The Balaban J connectivity index is 1.51. The molecule has 8 heteroatoms. The Kier molecular flexibility index (Phi) is 5.26. The molecule has 2 heterocycles. The van der Waals surface area contributed by atoms with E-state index < -0.39 is 0 Å². The topological polar surface area (TPSA) is 80.5 Å². The second-order valence-electron chi connectivity index (χ2n) is 6.84. The zero-order chi connectivity index (χ0) is 20.4. The molecule has 148 valence electrons. The molecule has 0 bridgehead atoms. The lowest BCUT2D eigenvalue weighted by molar-refractivity contribution is -0.116. The smallest absolute Gasteiger partial charge is 0.228 e. The Hall–Kier alpha value is -3.26. The van der Waals surface area contributed by atoms with Crippen LogP contribution >= 0.6 is 12.2 Å². The van der Waals surface area contributed by atoms with E-state index in [1.807, 2.05) is 71.5 Å². The number of aromatic amines is 1. The van der Waals surface area contributed by atoms with Crippen molar-refractivity contribution < 1.29 is 4.79 Å². The van der Waals surface area contributed by atoms with Gasteiger partial charge >= 0.3 is 0 Å². The number of para-hydroxylation sites is 2. The van der Waals surface area contributed by atoms with Gasteiger partial charge in [-0.1, -0.05) is 35.9 Å². The zero-order valence-electron chi connectivity index (χ0n) is 16.3. The van der Waals surface area contributed by atoms with Crippen LogP contribution in [0.25, 0.3) is 22.4 Å². The van der Waals surface area contributed by atoms with Gasteiger partial charge in [0.25, 0.3) is 0 Å². The van der Waals surface area contributed by atoms with Crippen molar-refractivity contribution in [1.82, 2.24) is 24.3 Å². The van der Waals surface area contributed by atoms with Crippen molar-refractivity contribution >= 4 is 35.1 Å². The van der Waals surface area contributed by atoms with E-state index in [1.54, 1.807) is 0 Å². The van der Waals surface area contributed by atoms with Crippen molar-refractivity contribution in [2.24, 2.45) is 0 Å². The molecule has 2 aromatic heterocycles. The number of hydrogen-bond donors (Lipinski definition) is 2. The molecule has 2 aromatic carbocycles. The minimum atomic E-state index is -0.117. The lowest BCUT2D eigenvalue weighted by Crippen LogP contribution is -2.18. The van der Waals surface area contributed by atoms with Crippen LogP contribution < -0.4 is 5.32 Å². The van der Waals surface area contributed by atoms with Crippen LogP contribution in [0.1, 0.15) is 18.9 Å². The zero-order valence-corrected chi connectivity index (χ0v) is 17.2. The van der Waals surface area contributed by atoms with Gasteiger partial charge in [-0.25, -0.2) is 4.98 Å². The molecule has 2 N–H and O–H groups in total. The summed E-state index contributed by atoms with van der Waals surface area (Å²) in [6, 6.07) is 15.9. The maximum atomic E-state index is 12.6. The number of imidazole rings is 1. The summed E-state index contributed by atoms with van der Waals surface area (Å²) in [7, 11) is 0. The first-order valence-electron chi connectivity index (χ1n) is 9.54. The summed E-state index contributed by atoms with van der Waals surface area (Å²) in [6.45, 7) is 5.21. The van der Waals surface area contributed by atoms with Crippen molar-refractivity contribution in [2.45, 2.75) is 33.4 Å². The molecule has 1 amide bonds. The Morgan fingerprint density at radius 2 is 2.00 bits per heavy atom. The number of aromatic nitrogens is 5. The summed E-state index contributed by atoms with van der Waals surface area (Å²) >= 11 is 5.37. The average molecular weight is 407 g/mol. The molecule has 7 nitrogen and oxygen atoms in total. The second-order valence-corrected chi connectivity index (χ2v) is 7.23. The number of nitrogens with one attached hydrogen (secondary N) is 2. The SMILES string of the molecule is CCn1c(NC(=O)CCn2c(-c3cccc(C)c3)n[nH]c2=S)nc2ccccc21. The van der Waals surface area contributed by atoms with Crippen LogP contribution in [0, 0.1) is 11.7 Å². The summed E-state index contributed by atoms with van der Waals surface area (Å²) in [4.78, 5) is 17.2. The highest BCUT2D eigenvalue weighted by Crippen LogP contribution is 2.21. The van der Waals surface area contributed by atoms with E-state index in [0.717, 1.165) is 34.5 Å². The maximum Gasteiger partial charge on any atom is 0.228 e. The van der Waals surface area contributed by atoms with Crippen LogP contribution in [-0.2, 0) is 17.9 Å². The van der Waals surface area contributed by atoms with Crippen molar-refractivity contribution in [1.29, 1.82) is 0 Å². The quantitative estimate of drug-likeness (QED) is 0.468. The number of carbonyl (C=O) groups is 1. The summed E-state index contributed by atoms with van der Waals surface area (Å²) in [6.07, 6.45) is 0.263. The lowest BCUT2D eigenvalue weighted by Gasteiger charge is -2.09. The highest BCUT2D eigenvalue weighted by molar-refractivity contribution is 7.71. The van der Waals surface area contributed by atoms with Crippen molar-refractivity contribution in [3.05, 3.63) is 58.9 Å². The number of nitrogens with zero attached hydrogens (tertiary/aromatic N) is 4. The molecule has 4 aromatic rings. The molecular weight excluding hydrogens is 384 g/mol. The van der Waals surface area contributed by atoms with Gasteiger partial charge in [-0.05, 0) is 44.3 Å². The summed E-state index contributed by atoms with van der Waals surface area (Å²) in [5, 5.41) is 10.1. The van der Waals surface area contributed by atoms with Crippen molar-refractivity contribution in [3.8, 4) is 11.4 Å². The summed E-state index contributed by atoms with van der Waals surface area (Å²) in [5.74, 6) is 1.17. The third kappa shape index (κ3) is 3.84. The average Bonchev–Trinajstić information content (AvgIpc) is 3.25. The van der Waals surface area contributed by atoms with Gasteiger partial charge in [-0.2, -0.15) is 5.10 Å². The maximum absolute atomic E-state index is 12.6. The van der Waals surface area contributed by atoms with Gasteiger partial charge in [-0.3, -0.25) is 19.8 Å². The molecule has 0 atom stereocenters. The van der Waals surface area contributed by atoms with E-state index >= 15 is 0 Å². The molecule has 29 heavy (non-hydrogen) atoms. The first-order chi connectivity index (χ1) is 14.1. The molecule has 0 aliphatic rings. The molecule has 0 aliphatic carbocycles. The van der Waals surface area contributed by atoms with Gasteiger partial charge in [0.05, 0.1) is 11.0 Å². The normalized spacial score (nSPS) is 11.1. The van der Waals surface area contributed by atoms with Gasteiger partial charge in [0.1, 0.15) is 0 Å². The van der Waals surface area contributed by atoms with E-state index in [0.29, 0.717) is 17.3 Å². The Morgan fingerprint density at radius 3 is 2.79 bits per heavy atom. The number of H-pyrrole nitrogens is 1. The largest absolute Gasteiger partial charge is 0.310 e. The van der Waals surface area contributed by atoms with Gasteiger partial charge in [-0.15, -0.1) is 0 Å². The van der Waals surface area contributed by atoms with Crippen LogP contribution in [0.4, 0.5) is 5.95 Å². The minimum absolute atomic E-state index is 0.117. The fraction of sp³-hybridized carbons (Fsp3) is 0.238. The number of rotatable bonds is 6. The monoisotopic (exact) mass is 406 g/mol. The van der Waals surface area contributed by atoms with Gasteiger partial charge < -0.3 is 4.57 Å². The lowest BCUT2D eigenvalue weighted by atomic mass is 10.1. The fourth-order valence-electron chi connectivity index (χ4n) is 3.42. The molecule has 0 saturated heterocycles. The fourth-order valence-corrected chi connectivity index (χ4v) is 3.64. The highest BCUT2D eigenvalue weighted by atomic mass is 32.1. The third-order valence-corrected chi connectivity index (χ3v) is 5.13. The number of fused-ring (bicyclic) bond motifs is 1. The molecule has 0 fully saturated rings. The van der Waals surface area contributed by atoms with E-state index in [1.165, 1.54) is 0 Å². The van der Waals surface area contributed by atoms with Crippen molar-refractivity contribution in [3.63, 3.8) is 0 Å². The van der Waals surface area contributed by atoms with Gasteiger partial charge in [0.2, 0.25) is 11.9 Å². The number of hydrogen-bond acceptors (Lipinski definition) is 4. The Morgan fingerprint density at radius 1 is 1.17 bits per heavy atom. The molecule has 4 rings (SSSR count). The summed E-state index contributed by atoms with van der Waals surface area (Å²) in [5.41, 5.74) is 3.97. The Labute approximate surface area is 173 Å². The number of aryl methyl sites for hydroxylation is 2. The van der Waals surface area contributed by atoms with Crippen molar-refractivity contribution in [2.75, 3.05) is 5.32 Å². The van der Waals surface area contributed by atoms with Crippen LogP contribution in [0.3, 0.4) is 0 Å². The van der Waals surface area contributed by atoms with E-state index in [9.17, 15) is 4.79 Å². The highest BCUT2D eigenvalue weighted by Gasteiger charge is 2.14. The first kappa shape index (κ1) is 19.1. The molecule has 0 aliphatic heterocycles. The second kappa shape index (κ2) is 8.00. The van der Waals surface area contributed by atoms with Crippen LogP contribution in [0.15, 0.2) is 48.5 Å². The standard InChI is InChI=1S/C21H22N6OS/c1-3-26-17-10-5-4-9-16(17)22-20(26)23-18(28)11-12-27-19(24-25-21(27)29)15-8-6-7-14(2)13-15/h4-10,13H,3,11-12H2,1-2H3,(H,25,29)(H,22,23,28). The van der Waals surface area contributed by atoms with E-state index in [2.05, 4.69) is 20.5 Å². The van der Waals surface area contributed by atoms with E-state index in [4.69, 9.17) is 12.2 Å². The van der Waals surface area contributed by atoms with Crippen LogP contribution in [0.2, 0.25) is 0 Å². The molecule has 0 radical (unpaired) electrons. The third-order valence-electron chi connectivity index (χ3n) is 4.82. The van der Waals surface area contributed by atoms with Gasteiger partial charge in [0.15, 0.2) is 10.6 Å². The number of anilines is 1. The number of benzene rings is 2. The van der Waals surface area contributed by atoms with Gasteiger partial charge in [0, 0.05) is 25.1 Å². The minimum Gasteiger partial charge on any atom is -0.310 e. The van der Waals surface area contributed by atoms with Crippen LogP contribution in [0.5, 0.6) is 0 Å². The molecule has 0 spiro atoms. The Bertz CT molecular complexity index is 1240. The van der Waals surface area contributed by atoms with Crippen LogP contribution in [-0.4, -0.2) is 30.2 Å².